The van der Waals surface area contributed by atoms with Gasteiger partial charge in [0.05, 0.1) is 35.9 Å². The number of carbonyl (C=O) groups is 4. The number of ether oxygens (including phenoxy) is 2. The van der Waals surface area contributed by atoms with Crippen molar-refractivity contribution < 1.29 is 28.7 Å². The lowest BCUT2D eigenvalue weighted by Gasteiger charge is -2.30. The normalized spacial score (nSPS) is 18.9. The number of hydrogen-bond donors (Lipinski definition) is 1. The molecule has 1 fully saturated rings. The monoisotopic (exact) mass is 629 g/mol. The van der Waals surface area contributed by atoms with E-state index in [4.69, 9.17) is 9.47 Å². The van der Waals surface area contributed by atoms with Gasteiger partial charge in [-0.15, -0.1) is 0 Å². The SMILES string of the molecule is CCOC(=O)c1ccc(N2C(=O)[C@@H]3[C@H](c4ccccc4)c4sc(=O)n(CC(=O)Nc5ccc(OC)cc5)c4S[C@@H]3C2=O)cc1. The third kappa shape index (κ3) is 5.31. The van der Waals surface area contributed by atoms with Crippen molar-refractivity contribution in [3.63, 3.8) is 0 Å². The molecular formula is C32H27N3O7S2. The van der Waals surface area contributed by atoms with Gasteiger partial charge in [0.15, 0.2) is 0 Å². The number of esters is 1. The van der Waals surface area contributed by atoms with Crippen LogP contribution in [0, 0.1) is 5.92 Å². The zero-order valence-corrected chi connectivity index (χ0v) is 25.4. The summed E-state index contributed by atoms with van der Waals surface area (Å²) >= 11 is 2.13. The molecule has 6 rings (SSSR count). The van der Waals surface area contributed by atoms with Crippen molar-refractivity contribution in [2.45, 2.75) is 29.7 Å². The van der Waals surface area contributed by atoms with Crippen molar-refractivity contribution in [2.24, 2.45) is 5.92 Å². The molecule has 0 saturated carbocycles. The molecular weight excluding hydrogens is 603 g/mol. The highest BCUT2D eigenvalue weighted by Crippen LogP contribution is 2.53. The molecule has 12 heteroatoms. The Kier molecular flexibility index (Phi) is 8.11. The van der Waals surface area contributed by atoms with Crippen molar-refractivity contribution >= 4 is 58.2 Å². The predicted octanol–water partition coefficient (Wildman–Crippen LogP) is 4.53. The lowest BCUT2D eigenvalue weighted by molar-refractivity contribution is -0.122. The minimum Gasteiger partial charge on any atom is -0.497 e. The van der Waals surface area contributed by atoms with Crippen LogP contribution in [0.2, 0.25) is 0 Å². The molecule has 10 nitrogen and oxygen atoms in total. The van der Waals surface area contributed by atoms with Crippen molar-refractivity contribution in [3.8, 4) is 5.75 Å². The largest absolute Gasteiger partial charge is 0.497 e. The number of thiazole rings is 1. The van der Waals surface area contributed by atoms with E-state index < -0.39 is 34.9 Å². The predicted molar refractivity (Wildman–Crippen MR) is 167 cm³/mol. The van der Waals surface area contributed by atoms with Crippen LogP contribution in [0.5, 0.6) is 5.75 Å². The molecule has 1 saturated heterocycles. The van der Waals surface area contributed by atoms with Gasteiger partial charge in [0.1, 0.15) is 17.5 Å². The number of benzene rings is 3. The topological polar surface area (TPSA) is 124 Å². The highest BCUT2D eigenvalue weighted by atomic mass is 32.2. The van der Waals surface area contributed by atoms with E-state index >= 15 is 0 Å². The zero-order chi connectivity index (χ0) is 31.0. The summed E-state index contributed by atoms with van der Waals surface area (Å²) < 4.78 is 11.6. The van der Waals surface area contributed by atoms with Crippen LogP contribution < -0.4 is 19.8 Å². The summed E-state index contributed by atoms with van der Waals surface area (Å²) in [6.45, 7) is 1.68. The third-order valence-electron chi connectivity index (χ3n) is 7.52. The van der Waals surface area contributed by atoms with Crippen LogP contribution in [0.1, 0.15) is 33.6 Å². The Morgan fingerprint density at radius 2 is 1.61 bits per heavy atom. The van der Waals surface area contributed by atoms with Crippen LogP contribution in [0.4, 0.5) is 11.4 Å². The molecule has 3 heterocycles. The van der Waals surface area contributed by atoms with Gasteiger partial charge in [-0.1, -0.05) is 53.4 Å². The molecule has 3 amide bonds. The zero-order valence-electron chi connectivity index (χ0n) is 23.7. The third-order valence-corrected chi connectivity index (χ3v) is 10.1. The van der Waals surface area contributed by atoms with Crippen LogP contribution in [0.25, 0.3) is 0 Å². The molecule has 4 aromatic rings. The van der Waals surface area contributed by atoms with Crippen molar-refractivity contribution in [1.29, 1.82) is 0 Å². The molecule has 0 radical (unpaired) electrons. The van der Waals surface area contributed by atoms with E-state index in [9.17, 15) is 24.0 Å². The van der Waals surface area contributed by atoms with E-state index in [-0.39, 0.29) is 23.9 Å². The van der Waals surface area contributed by atoms with Gasteiger partial charge in [0.25, 0.3) is 0 Å². The number of methoxy groups -OCH3 is 1. The van der Waals surface area contributed by atoms with Gasteiger partial charge >= 0.3 is 10.8 Å². The van der Waals surface area contributed by atoms with Crippen molar-refractivity contribution in [1.82, 2.24) is 4.57 Å². The Bertz CT molecular complexity index is 1800. The maximum atomic E-state index is 14.0. The van der Waals surface area contributed by atoms with Crippen LogP contribution in [0.15, 0.2) is 88.7 Å². The van der Waals surface area contributed by atoms with Gasteiger partial charge in [-0.3, -0.25) is 23.7 Å². The summed E-state index contributed by atoms with van der Waals surface area (Å²) in [6.07, 6.45) is 0. The lowest BCUT2D eigenvalue weighted by Crippen LogP contribution is -2.33. The van der Waals surface area contributed by atoms with Crippen LogP contribution in [-0.4, -0.2) is 47.2 Å². The van der Waals surface area contributed by atoms with Crippen molar-refractivity contribution in [3.05, 3.63) is 105 Å². The number of thioether (sulfide) groups is 1. The first kappa shape index (κ1) is 29.4. The van der Waals surface area contributed by atoms with Gasteiger partial charge < -0.3 is 14.8 Å². The summed E-state index contributed by atoms with van der Waals surface area (Å²) in [7, 11) is 1.55. The number of anilines is 2. The summed E-state index contributed by atoms with van der Waals surface area (Å²) in [5.74, 6) is -2.41. The number of nitrogens with zero attached hydrogens (tertiary/aromatic N) is 2. The van der Waals surface area contributed by atoms with Crippen LogP contribution in [-0.2, 0) is 25.7 Å². The average Bonchev–Trinajstić information content (AvgIpc) is 3.48. The molecule has 44 heavy (non-hydrogen) atoms. The van der Waals surface area contributed by atoms with E-state index in [1.165, 1.54) is 16.7 Å². The van der Waals surface area contributed by atoms with E-state index in [2.05, 4.69) is 5.32 Å². The Morgan fingerprint density at radius 3 is 2.27 bits per heavy atom. The van der Waals surface area contributed by atoms with E-state index in [0.29, 0.717) is 32.6 Å². The Morgan fingerprint density at radius 1 is 0.909 bits per heavy atom. The quantitative estimate of drug-likeness (QED) is 0.223. The van der Waals surface area contributed by atoms with E-state index in [1.54, 1.807) is 50.4 Å². The lowest BCUT2D eigenvalue weighted by atomic mass is 9.83. The molecule has 0 spiro atoms. The molecule has 2 aliphatic rings. The number of imide groups is 1. The van der Waals surface area contributed by atoms with Gasteiger partial charge in [-0.05, 0) is 61.0 Å². The molecule has 0 unspecified atom stereocenters. The molecule has 3 atom stereocenters. The Balaban J connectivity index is 1.34. The summed E-state index contributed by atoms with van der Waals surface area (Å²) in [5.41, 5.74) is 1.99. The first-order valence-electron chi connectivity index (χ1n) is 13.8. The molecule has 2 aliphatic heterocycles. The fourth-order valence-electron chi connectivity index (χ4n) is 5.51. The fraction of sp³-hybridized carbons (Fsp3) is 0.219. The number of hydrogen-bond acceptors (Lipinski definition) is 9. The van der Waals surface area contributed by atoms with Gasteiger partial charge in [-0.25, -0.2) is 9.69 Å². The maximum Gasteiger partial charge on any atom is 0.338 e. The highest BCUT2D eigenvalue weighted by Gasteiger charge is 2.56. The number of nitrogens with one attached hydrogen (secondary N) is 1. The minimum absolute atomic E-state index is 0.226. The van der Waals surface area contributed by atoms with E-state index in [1.807, 2.05) is 30.3 Å². The number of carbonyl (C=O) groups excluding carboxylic acids is 4. The van der Waals surface area contributed by atoms with E-state index in [0.717, 1.165) is 33.6 Å². The minimum atomic E-state index is -0.824. The molecule has 0 aliphatic carbocycles. The second-order valence-corrected chi connectivity index (χ2v) is 12.3. The second-order valence-electron chi connectivity index (χ2n) is 10.1. The first-order valence-corrected chi connectivity index (χ1v) is 15.5. The van der Waals surface area contributed by atoms with Gasteiger partial charge in [0.2, 0.25) is 17.7 Å². The standard InChI is InChI=1S/C32H27N3O7S2/c1-3-42-31(39)19-9-13-21(14-10-19)35-28(37)25-24(18-7-5-4-6-8-18)27-30(43-26(25)29(35)38)34(32(40)44-27)17-23(36)33-20-11-15-22(41-2)16-12-20/h4-16,24-26H,3,17H2,1-2H3,(H,33,36)/t24-,25+,26-/m0/s1. The molecule has 0 bridgehead atoms. The first-order chi connectivity index (χ1) is 21.3. The molecule has 3 aromatic carbocycles. The molecule has 1 aromatic heterocycles. The maximum absolute atomic E-state index is 14.0. The average molecular weight is 630 g/mol. The summed E-state index contributed by atoms with van der Waals surface area (Å²) in [4.78, 5) is 67.9. The smallest absolute Gasteiger partial charge is 0.338 e. The summed E-state index contributed by atoms with van der Waals surface area (Å²) in [6, 6.07) is 22.3. The van der Waals surface area contributed by atoms with Gasteiger partial charge in [0, 0.05) is 16.5 Å². The Hall–Kier alpha value is -4.68. The second kappa shape index (κ2) is 12.1. The summed E-state index contributed by atoms with van der Waals surface area (Å²) in [5, 5.41) is 2.47. The number of fused-ring (bicyclic) bond motifs is 2. The van der Waals surface area contributed by atoms with Crippen molar-refractivity contribution in [2.75, 3.05) is 23.9 Å². The fourth-order valence-corrected chi connectivity index (χ4v) is 8.28. The number of aromatic nitrogens is 1. The van der Waals surface area contributed by atoms with Gasteiger partial charge in [-0.2, -0.15) is 0 Å². The van der Waals surface area contributed by atoms with Crippen LogP contribution in [0.3, 0.4) is 0 Å². The molecule has 1 N–H and O–H groups in total. The Labute approximate surface area is 260 Å². The van der Waals surface area contributed by atoms with Crippen LogP contribution >= 0.6 is 23.1 Å². The molecule has 224 valence electrons. The highest BCUT2D eigenvalue weighted by molar-refractivity contribution is 8.00. The number of rotatable bonds is 8. The number of amides is 3.